The normalized spacial score (nSPS) is 10.9. The third-order valence-electron chi connectivity index (χ3n) is 4.47. The van der Waals surface area contributed by atoms with Gasteiger partial charge in [0.15, 0.2) is 16.7 Å². The molecule has 0 saturated heterocycles. The van der Waals surface area contributed by atoms with E-state index < -0.39 is 5.97 Å². The molecule has 0 saturated carbocycles. The molecule has 0 spiro atoms. The van der Waals surface area contributed by atoms with Crippen LogP contribution in [-0.4, -0.2) is 39.5 Å². The molecule has 0 fully saturated rings. The lowest BCUT2D eigenvalue weighted by Crippen LogP contribution is -2.15. The van der Waals surface area contributed by atoms with Gasteiger partial charge in [0.25, 0.3) is 0 Å². The van der Waals surface area contributed by atoms with Gasteiger partial charge in [-0.15, -0.1) is 10.2 Å². The molecule has 2 heterocycles. The van der Waals surface area contributed by atoms with Gasteiger partial charge in [-0.05, 0) is 30.3 Å². The molecule has 2 aromatic heterocycles. The number of benzene rings is 2. The highest BCUT2D eigenvalue weighted by Crippen LogP contribution is 2.29. The summed E-state index contributed by atoms with van der Waals surface area (Å²) in [6, 6.07) is 14.1. The fourth-order valence-electron chi connectivity index (χ4n) is 2.93. The molecule has 4 rings (SSSR count). The molecule has 0 radical (unpaired) electrons. The van der Waals surface area contributed by atoms with Gasteiger partial charge >= 0.3 is 5.97 Å². The van der Waals surface area contributed by atoms with Gasteiger partial charge in [0, 0.05) is 12.4 Å². The predicted octanol–water partition coefficient (Wildman–Crippen LogP) is 4.40. The zero-order chi connectivity index (χ0) is 22.0. The third kappa shape index (κ3) is 4.42. The lowest BCUT2D eigenvalue weighted by molar-refractivity contribution is -0.113. The number of aromatic nitrogens is 3. The first-order valence-electron chi connectivity index (χ1n) is 9.15. The average Bonchev–Trinajstić information content (AvgIpc) is 3.36. The van der Waals surface area contributed by atoms with Crippen molar-refractivity contribution >= 4 is 51.9 Å². The number of carbonyl (C=O) groups is 2. The first-order chi connectivity index (χ1) is 15.0. The van der Waals surface area contributed by atoms with Crippen molar-refractivity contribution in [3.8, 4) is 11.6 Å². The molecule has 2 aromatic carbocycles. The number of halogens is 1. The Kier molecular flexibility index (Phi) is 5.97. The Balaban J connectivity index is 1.44. The Morgan fingerprint density at radius 3 is 2.77 bits per heavy atom. The lowest BCUT2D eigenvalue weighted by atomic mass is 10.2. The average molecular weight is 457 g/mol. The number of rotatable bonds is 6. The van der Waals surface area contributed by atoms with Crippen molar-refractivity contribution in [1.29, 1.82) is 0 Å². The quantitative estimate of drug-likeness (QED) is 0.339. The zero-order valence-electron chi connectivity index (χ0n) is 16.6. The van der Waals surface area contributed by atoms with Crippen LogP contribution in [0.4, 0.5) is 5.69 Å². The number of fused-ring (bicyclic) bond motifs is 1. The van der Waals surface area contributed by atoms with Crippen LogP contribution in [0, 0.1) is 0 Å². The number of nitrogens with one attached hydrogen (secondary N) is 1. The monoisotopic (exact) mass is 456 g/mol. The molecular formula is C21H17ClN4O4S. The number of anilines is 1. The third-order valence-corrected chi connectivity index (χ3v) is 5.82. The maximum atomic E-state index is 12.4. The van der Waals surface area contributed by atoms with Gasteiger partial charge in [0.2, 0.25) is 5.91 Å². The van der Waals surface area contributed by atoms with Crippen LogP contribution >= 0.6 is 23.4 Å². The van der Waals surface area contributed by atoms with E-state index in [1.807, 2.05) is 30.3 Å². The number of methoxy groups -OCH3 is 1. The highest BCUT2D eigenvalue weighted by atomic mass is 35.5. The molecule has 31 heavy (non-hydrogen) atoms. The highest BCUT2D eigenvalue weighted by molar-refractivity contribution is 7.99. The van der Waals surface area contributed by atoms with Crippen molar-refractivity contribution in [2.75, 3.05) is 18.2 Å². The number of thioether (sulfide) groups is 1. The van der Waals surface area contributed by atoms with Gasteiger partial charge in [-0.3, -0.25) is 4.79 Å². The predicted molar refractivity (Wildman–Crippen MR) is 118 cm³/mol. The Bertz CT molecular complexity index is 1250. The molecule has 1 amide bonds. The Morgan fingerprint density at radius 2 is 2.00 bits per heavy atom. The summed E-state index contributed by atoms with van der Waals surface area (Å²) >= 11 is 7.34. The molecule has 0 unspecified atom stereocenters. The van der Waals surface area contributed by atoms with Gasteiger partial charge in [0.05, 0.1) is 29.1 Å². The van der Waals surface area contributed by atoms with Crippen molar-refractivity contribution in [2.24, 2.45) is 7.05 Å². The molecule has 10 heteroatoms. The van der Waals surface area contributed by atoms with Crippen molar-refractivity contribution in [3.05, 3.63) is 59.1 Å². The van der Waals surface area contributed by atoms with Crippen LogP contribution in [0.2, 0.25) is 5.02 Å². The summed E-state index contributed by atoms with van der Waals surface area (Å²) in [6.07, 6.45) is 0. The molecule has 1 N–H and O–H groups in total. The molecular weight excluding hydrogens is 440 g/mol. The molecule has 8 nitrogen and oxygen atoms in total. The number of hydrogen-bond donors (Lipinski definition) is 1. The second-order valence-corrected chi connectivity index (χ2v) is 7.89. The van der Waals surface area contributed by atoms with Gasteiger partial charge in [-0.2, -0.15) is 0 Å². The van der Waals surface area contributed by atoms with E-state index in [1.165, 1.54) is 37.1 Å². The lowest BCUT2D eigenvalue weighted by Gasteiger charge is -2.09. The summed E-state index contributed by atoms with van der Waals surface area (Å²) in [7, 11) is 3.09. The Morgan fingerprint density at radius 1 is 1.19 bits per heavy atom. The van der Waals surface area contributed by atoms with Crippen LogP contribution < -0.4 is 5.32 Å². The zero-order valence-corrected chi connectivity index (χ0v) is 18.2. The Labute approximate surface area is 186 Å². The first-order valence-corrected chi connectivity index (χ1v) is 10.5. The van der Waals surface area contributed by atoms with Crippen LogP contribution in [0.25, 0.3) is 22.6 Å². The summed E-state index contributed by atoms with van der Waals surface area (Å²) < 4.78 is 12.3. The van der Waals surface area contributed by atoms with Crippen molar-refractivity contribution < 1.29 is 18.7 Å². The number of ether oxygens (including phenoxy) is 1. The molecule has 0 bridgehead atoms. The smallest absolute Gasteiger partial charge is 0.337 e. The van der Waals surface area contributed by atoms with Gasteiger partial charge in [-0.1, -0.05) is 41.6 Å². The summed E-state index contributed by atoms with van der Waals surface area (Å²) in [5.74, 6) is 0.415. The second-order valence-electron chi connectivity index (χ2n) is 6.54. The SMILES string of the molecule is COC(=O)c1ccc(Cl)c(NC(=O)CSc2nnc(-c3cc4ccccc4o3)n2C)c1. The van der Waals surface area contributed by atoms with Gasteiger partial charge < -0.3 is 19.0 Å². The fourth-order valence-corrected chi connectivity index (χ4v) is 3.81. The minimum absolute atomic E-state index is 0.0743. The summed E-state index contributed by atoms with van der Waals surface area (Å²) in [4.78, 5) is 24.1. The van der Waals surface area contributed by atoms with Crippen LogP contribution in [-0.2, 0) is 16.6 Å². The largest absolute Gasteiger partial charge is 0.465 e. The van der Waals surface area contributed by atoms with E-state index in [1.54, 1.807) is 11.6 Å². The molecule has 4 aromatic rings. The van der Waals surface area contributed by atoms with Crippen LogP contribution in [0.1, 0.15) is 10.4 Å². The van der Waals surface area contributed by atoms with E-state index in [-0.39, 0.29) is 11.7 Å². The number of para-hydroxylation sites is 1. The number of carbonyl (C=O) groups excluding carboxylic acids is 2. The standard InChI is InChI=1S/C21H17ClN4O4S/c1-26-19(17-10-12-5-3-4-6-16(12)30-17)24-25-21(26)31-11-18(27)23-15-9-13(20(28)29-2)7-8-14(15)22/h3-10H,11H2,1-2H3,(H,23,27). The summed E-state index contributed by atoms with van der Waals surface area (Å²) in [5, 5.41) is 12.9. The van der Waals surface area contributed by atoms with E-state index in [4.69, 9.17) is 16.0 Å². The first kappa shape index (κ1) is 21.0. The number of hydrogen-bond acceptors (Lipinski definition) is 7. The summed E-state index contributed by atoms with van der Waals surface area (Å²) in [6.45, 7) is 0. The van der Waals surface area contributed by atoms with Crippen LogP contribution in [0.15, 0.2) is 58.1 Å². The minimum atomic E-state index is -0.515. The number of nitrogens with zero attached hydrogens (tertiary/aromatic N) is 3. The van der Waals surface area contributed by atoms with E-state index in [9.17, 15) is 9.59 Å². The molecule has 0 aliphatic rings. The van der Waals surface area contributed by atoms with Crippen molar-refractivity contribution in [1.82, 2.24) is 14.8 Å². The van der Waals surface area contributed by atoms with Crippen molar-refractivity contribution in [2.45, 2.75) is 5.16 Å². The number of amides is 1. The Hall–Kier alpha value is -3.30. The molecule has 0 aliphatic heterocycles. The maximum Gasteiger partial charge on any atom is 0.337 e. The summed E-state index contributed by atoms with van der Waals surface area (Å²) in [5.41, 5.74) is 1.38. The van der Waals surface area contributed by atoms with Gasteiger partial charge in [-0.25, -0.2) is 4.79 Å². The molecule has 0 aliphatic carbocycles. The second kappa shape index (κ2) is 8.83. The topological polar surface area (TPSA) is 99.2 Å². The number of furan rings is 1. The highest BCUT2D eigenvalue weighted by Gasteiger charge is 2.17. The molecule has 158 valence electrons. The molecule has 0 atom stereocenters. The fraction of sp³-hybridized carbons (Fsp3) is 0.143. The maximum absolute atomic E-state index is 12.4. The van der Waals surface area contributed by atoms with E-state index in [2.05, 4.69) is 20.3 Å². The minimum Gasteiger partial charge on any atom is -0.465 e. The van der Waals surface area contributed by atoms with E-state index in [0.29, 0.717) is 33.0 Å². The van der Waals surface area contributed by atoms with Crippen molar-refractivity contribution in [3.63, 3.8) is 0 Å². The van der Waals surface area contributed by atoms with E-state index >= 15 is 0 Å². The van der Waals surface area contributed by atoms with Gasteiger partial charge in [0.1, 0.15) is 5.58 Å². The van der Waals surface area contributed by atoms with E-state index in [0.717, 1.165) is 11.0 Å². The van der Waals surface area contributed by atoms with Crippen LogP contribution in [0.3, 0.4) is 0 Å². The number of esters is 1. The van der Waals surface area contributed by atoms with Crippen LogP contribution in [0.5, 0.6) is 0 Å².